The van der Waals surface area contributed by atoms with Crippen molar-refractivity contribution in [1.82, 2.24) is 14.9 Å². The number of hydrogen-bond acceptors (Lipinski definition) is 2. The molecular formula is C11H13ClF3N3O. The zero-order valence-electron chi connectivity index (χ0n) is 10.0. The highest BCUT2D eigenvalue weighted by atomic mass is 35.5. The monoisotopic (exact) mass is 295 g/mol. The van der Waals surface area contributed by atoms with Gasteiger partial charge in [-0.25, -0.2) is 4.98 Å². The summed E-state index contributed by atoms with van der Waals surface area (Å²) in [7, 11) is 0. The Morgan fingerprint density at radius 2 is 2.11 bits per heavy atom. The van der Waals surface area contributed by atoms with E-state index in [1.807, 2.05) is 0 Å². The van der Waals surface area contributed by atoms with Crippen molar-refractivity contribution in [3.8, 4) is 0 Å². The molecule has 1 aromatic rings. The SMILES string of the molecule is O=C(CCl)N1CCC(c2ncc(C(F)(F)F)[nH]2)CC1. The molecule has 106 valence electrons. The van der Waals surface area contributed by atoms with Crippen molar-refractivity contribution in [3.05, 3.63) is 17.7 Å². The third-order valence-electron chi connectivity index (χ3n) is 3.25. The van der Waals surface area contributed by atoms with Crippen LogP contribution in [0.15, 0.2) is 6.20 Å². The molecule has 0 bridgehead atoms. The molecule has 0 saturated carbocycles. The van der Waals surface area contributed by atoms with Gasteiger partial charge in [0.2, 0.25) is 5.91 Å². The predicted molar refractivity (Wildman–Crippen MR) is 62.9 cm³/mol. The van der Waals surface area contributed by atoms with Crippen LogP contribution < -0.4 is 0 Å². The minimum atomic E-state index is -4.40. The molecule has 1 amide bonds. The quantitative estimate of drug-likeness (QED) is 0.852. The lowest BCUT2D eigenvalue weighted by molar-refractivity contribution is -0.141. The van der Waals surface area contributed by atoms with Gasteiger partial charge in [-0.2, -0.15) is 13.2 Å². The first-order valence-corrected chi connectivity index (χ1v) is 6.41. The maximum Gasteiger partial charge on any atom is 0.432 e. The highest BCUT2D eigenvalue weighted by Crippen LogP contribution is 2.31. The first-order chi connectivity index (χ1) is 8.91. The van der Waals surface area contributed by atoms with Gasteiger partial charge >= 0.3 is 6.18 Å². The average Bonchev–Trinajstić information content (AvgIpc) is 2.87. The molecule has 0 unspecified atom stereocenters. The molecule has 1 aromatic heterocycles. The number of nitrogens with one attached hydrogen (secondary N) is 1. The highest BCUT2D eigenvalue weighted by Gasteiger charge is 2.34. The summed E-state index contributed by atoms with van der Waals surface area (Å²) in [6.07, 6.45) is -2.41. The Bertz CT molecular complexity index is 452. The zero-order chi connectivity index (χ0) is 14.0. The number of hydrogen-bond donors (Lipinski definition) is 1. The van der Waals surface area contributed by atoms with Crippen LogP contribution in [-0.4, -0.2) is 39.7 Å². The molecule has 4 nitrogen and oxygen atoms in total. The van der Waals surface area contributed by atoms with Gasteiger partial charge in [0.05, 0.1) is 6.20 Å². The third-order valence-corrected chi connectivity index (χ3v) is 3.48. The lowest BCUT2D eigenvalue weighted by Crippen LogP contribution is -2.38. The number of H-pyrrole nitrogens is 1. The summed E-state index contributed by atoms with van der Waals surface area (Å²) in [6.45, 7) is 0.997. The second kappa shape index (κ2) is 5.40. The zero-order valence-corrected chi connectivity index (χ0v) is 10.8. The Hall–Kier alpha value is -1.24. The molecule has 0 aromatic carbocycles. The Balaban J connectivity index is 1.98. The van der Waals surface area contributed by atoms with Crippen molar-refractivity contribution in [2.75, 3.05) is 19.0 Å². The summed E-state index contributed by atoms with van der Waals surface area (Å²) in [5, 5.41) is 0. The summed E-state index contributed by atoms with van der Waals surface area (Å²) in [5.41, 5.74) is -0.832. The number of imidazole rings is 1. The van der Waals surface area contributed by atoms with Crippen molar-refractivity contribution < 1.29 is 18.0 Å². The van der Waals surface area contributed by atoms with E-state index in [0.29, 0.717) is 31.8 Å². The van der Waals surface area contributed by atoms with Crippen molar-refractivity contribution in [1.29, 1.82) is 0 Å². The van der Waals surface area contributed by atoms with Gasteiger partial charge in [0, 0.05) is 19.0 Å². The van der Waals surface area contributed by atoms with E-state index in [9.17, 15) is 18.0 Å². The fourth-order valence-corrected chi connectivity index (χ4v) is 2.34. The van der Waals surface area contributed by atoms with E-state index in [-0.39, 0.29) is 17.7 Å². The van der Waals surface area contributed by atoms with Crippen molar-refractivity contribution >= 4 is 17.5 Å². The Morgan fingerprint density at radius 3 is 2.58 bits per heavy atom. The molecule has 8 heteroatoms. The molecule has 0 radical (unpaired) electrons. The molecule has 2 heterocycles. The van der Waals surface area contributed by atoms with Crippen LogP contribution >= 0.6 is 11.6 Å². The number of carbonyl (C=O) groups is 1. The maximum absolute atomic E-state index is 12.4. The van der Waals surface area contributed by atoms with Crippen LogP contribution in [0.1, 0.15) is 30.3 Å². The summed E-state index contributed by atoms with van der Waals surface area (Å²) in [6, 6.07) is 0. The molecule has 19 heavy (non-hydrogen) atoms. The molecule has 2 rings (SSSR count). The average molecular weight is 296 g/mol. The van der Waals surface area contributed by atoms with Crippen molar-refractivity contribution in [3.63, 3.8) is 0 Å². The number of piperidine rings is 1. The van der Waals surface area contributed by atoms with E-state index in [1.165, 1.54) is 0 Å². The molecule has 0 spiro atoms. The number of aromatic nitrogens is 2. The molecule has 1 aliphatic rings. The van der Waals surface area contributed by atoms with Gasteiger partial charge in [-0.3, -0.25) is 4.79 Å². The standard InChI is InChI=1S/C11H13ClF3N3O/c12-5-9(19)18-3-1-7(2-4-18)10-16-6-8(17-10)11(13,14)15/h6-7H,1-5H2,(H,16,17). The number of halogens is 4. The molecule has 0 aliphatic carbocycles. The van der Waals surface area contributed by atoms with E-state index in [1.54, 1.807) is 4.90 Å². The van der Waals surface area contributed by atoms with Gasteiger partial charge in [0.25, 0.3) is 0 Å². The Morgan fingerprint density at radius 1 is 1.47 bits per heavy atom. The smallest absolute Gasteiger partial charge is 0.342 e. The summed E-state index contributed by atoms with van der Waals surface area (Å²) in [4.78, 5) is 19.1. The first kappa shape index (κ1) is 14.2. The van der Waals surface area contributed by atoms with E-state index >= 15 is 0 Å². The minimum Gasteiger partial charge on any atom is -0.342 e. The minimum absolute atomic E-state index is 0.0658. The fraction of sp³-hybridized carbons (Fsp3) is 0.636. The molecule has 1 N–H and O–H groups in total. The Kier molecular flexibility index (Phi) is 4.03. The number of rotatable bonds is 2. The second-order valence-electron chi connectivity index (χ2n) is 4.47. The lowest BCUT2D eigenvalue weighted by Gasteiger charge is -2.30. The number of carbonyl (C=O) groups excluding carboxylic acids is 1. The van der Waals surface area contributed by atoms with Gasteiger partial charge in [-0.05, 0) is 12.8 Å². The van der Waals surface area contributed by atoms with E-state index in [4.69, 9.17) is 11.6 Å². The number of alkyl halides is 4. The normalized spacial score (nSPS) is 17.8. The fourth-order valence-electron chi connectivity index (χ4n) is 2.17. The first-order valence-electron chi connectivity index (χ1n) is 5.87. The summed E-state index contributed by atoms with van der Waals surface area (Å²) < 4.78 is 37.3. The van der Waals surface area contributed by atoms with Crippen LogP contribution in [0.4, 0.5) is 13.2 Å². The van der Waals surface area contributed by atoms with Crippen molar-refractivity contribution in [2.24, 2.45) is 0 Å². The maximum atomic E-state index is 12.4. The van der Waals surface area contributed by atoms with Crippen LogP contribution in [0.2, 0.25) is 0 Å². The van der Waals surface area contributed by atoms with Crippen LogP contribution in [0.5, 0.6) is 0 Å². The number of amides is 1. The van der Waals surface area contributed by atoms with E-state index in [2.05, 4.69) is 9.97 Å². The largest absolute Gasteiger partial charge is 0.432 e. The van der Waals surface area contributed by atoms with Crippen LogP contribution in [0.25, 0.3) is 0 Å². The van der Waals surface area contributed by atoms with Crippen LogP contribution in [-0.2, 0) is 11.0 Å². The topological polar surface area (TPSA) is 49.0 Å². The van der Waals surface area contributed by atoms with E-state index in [0.717, 1.165) is 6.20 Å². The van der Waals surface area contributed by atoms with Gasteiger partial charge in [-0.15, -0.1) is 11.6 Å². The van der Waals surface area contributed by atoms with Crippen LogP contribution in [0, 0.1) is 0 Å². The Labute approximate surface area is 112 Å². The molecule has 0 atom stereocenters. The molecular weight excluding hydrogens is 283 g/mol. The predicted octanol–water partition coefficient (Wildman–Crippen LogP) is 2.37. The van der Waals surface area contributed by atoms with Crippen molar-refractivity contribution in [2.45, 2.75) is 24.9 Å². The second-order valence-corrected chi connectivity index (χ2v) is 4.74. The van der Waals surface area contributed by atoms with Gasteiger partial charge in [-0.1, -0.05) is 0 Å². The molecule has 1 saturated heterocycles. The van der Waals surface area contributed by atoms with E-state index < -0.39 is 11.9 Å². The highest BCUT2D eigenvalue weighted by molar-refractivity contribution is 6.27. The number of likely N-dealkylation sites (tertiary alicyclic amines) is 1. The number of aromatic amines is 1. The van der Waals surface area contributed by atoms with Gasteiger partial charge < -0.3 is 9.88 Å². The van der Waals surface area contributed by atoms with Crippen LogP contribution in [0.3, 0.4) is 0 Å². The molecule has 1 fully saturated rings. The number of nitrogens with zero attached hydrogens (tertiary/aromatic N) is 2. The van der Waals surface area contributed by atoms with Gasteiger partial charge in [0.1, 0.15) is 17.4 Å². The summed E-state index contributed by atoms with van der Waals surface area (Å²) >= 11 is 5.46. The summed E-state index contributed by atoms with van der Waals surface area (Å²) in [5.74, 6) is 0.0558. The third kappa shape index (κ3) is 3.20. The lowest BCUT2D eigenvalue weighted by atomic mass is 9.96. The van der Waals surface area contributed by atoms with Gasteiger partial charge in [0.15, 0.2) is 0 Å². The molecule has 1 aliphatic heterocycles.